The summed E-state index contributed by atoms with van der Waals surface area (Å²) < 4.78 is 0. The van der Waals surface area contributed by atoms with E-state index in [9.17, 15) is 10.1 Å². The molecule has 2 N–H and O–H groups in total. The van der Waals surface area contributed by atoms with Gasteiger partial charge in [-0.1, -0.05) is 0 Å². The van der Waals surface area contributed by atoms with Crippen molar-refractivity contribution in [2.75, 3.05) is 13.2 Å². The summed E-state index contributed by atoms with van der Waals surface area (Å²) in [6.07, 6.45) is -1.11. The monoisotopic (exact) mass is 244 g/mol. The van der Waals surface area contributed by atoms with Crippen molar-refractivity contribution in [3.63, 3.8) is 0 Å². The van der Waals surface area contributed by atoms with Crippen LogP contribution in [0, 0.1) is 10.1 Å². The molecule has 0 aliphatic heterocycles. The molecule has 0 atom stereocenters. The summed E-state index contributed by atoms with van der Waals surface area (Å²) in [5.74, 6) is 0. The molecule has 0 heterocycles. The van der Waals surface area contributed by atoms with Gasteiger partial charge in [0.15, 0.2) is 6.10 Å². The van der Waals surface area contributed by atoms with E-state index in [1.807, 2.05) is 0 Å². The van der Waals surface area contributed by atoms with Crippen molar-refractivity contribution in [3.8, 4) is 0 Å². The Morgan fingerprint density at radius 1 is 1.50 bits per heavy atom. The molecule has 0 aromatic heterocycles. The Kier molecular flexibility index (Phi) is 8.74. The average Bonchev–Trinajstić information content (AvgIpc) is 1.82. The third-order valence-corrected chi connectivity index (χ3v) is 0.642. The Bertz CT molecular complexity index is 94.9. The summed E-state index contributed by atoms with van der Waals surface area (Å²) in [6.45, 7) is -1.12. The molecule has 0 saturated carbocycles. The summed E-state index contributed by atoms with van der Waals surface area (Å²) in [5, 5.41) is 24.8. The second kappa shape index (κ2) is 6.97. The van der Waals surface area contributed by atoms with Crippen LogP contribution in [0.1, 0.15) is 0 Å². The SMILES string of the molecule is O=[N+]([O-])OC(CO)CO.[Ag+]. The second-order valence-corrected chi connectivity index (χ2v) is 1.32. The molecule has 0 aliphatic rings. The molecule has 0 spiro atoms. The number of hydrogen-bond acceptors (Lipinski definition) is 5. The zero-order chi connectivity index (χ0) is 7.28. The molecule has 6 nitrogen and oxygen atoms in total. The van der Waals surface area contributed by atoms with Gasteiger partial charge in [0.2, 0.25) is 0 Å². The Morgan fingerprint density at radius 3 is 2.00 bits per heavy atom. The fourth-order valence-corrected chi connectivity index (χ4v) is 0.246. The molecular weight excluding hydrogens is 238 g/mol. The molecular formula is C3H7AgNO5+. The minimum absolute atomic E-state index is 0. The molecule has 0 aromatic carbocycles. The molecule has 0 aromatic rings. The van der Waals surface area contributed by atoms with Crippen LogP contribution in [0.3, 0.4) is 0 Å². The maximum atomic E-state index is 9.49. The Hall–Kier alpha value is -0.140. The van der Waals surface area contributed by atoms with E-state index in [1.54, 1.807) is 0 Å². The Morgan fingerprint density at radius 2 is 1.90 bits per heavy atom. The van der Waals surface area contributed by atoms with Crippen molar-refractivity contribution >= 4 is 0 Å². The van der Waals surface area contributed by atoms with Gasteiger partial charge in [-0.2, -0.15) is 0 Å². The Labute approximate surface area is 72.4 Å². The van der Waals surface area contributed by atoms with Crippen molar-refractivity contribution in [2.45, 2.75) is 6.10 Å². The van der Waals surface area contributed by atoms with E-state index in [1.165, 1.54) is 0 Å². The van der Waals surface area contributed by atoms with Crippen LogP contribution in [0.5, 0.6) is 0 Å². The zero-order valence-electron chi connectivity index (χ0n) is 4.86. The largest absolute Gasteiger partial charge is 1.00 e. The van der Waals surface area contributed by atoms with Gasteiger partial charge in [-0.15, -0.1) is 10.1 Å². The second-order valence-electron chi connectivity index (χ2n) is 1.32. The summed E-state index contributed by atoms with van der Waals surface area (Å²) >= 11 is 0. The maximum absolute atomic E-state index is 9.49. The summed E-state index contributed by atoms with van der Waals surface area (Å²) in [4.78, 5) is 13.3. The third kappa shape index (κ3) is 5.99. The van der Waals surface area contributed by atoms with Gasteiger partial charge >= 0.3 is 22.4 Å². The molecule has 0 unspecified atom stereocenters. The maximum Gasteiger partial charge on any atom is 1.00 e. The third-order valence-electron chi connectivity index (χ3n) is 0.642. The number of rotatable bonds is 4. The topological polar surface area (TPSA) is 92.8 Å². The van der Waals surface area contributed by atoms with Crippen LogP contribution < -0.4 is 0 Å². The first kappa shape index (κ1) is 12.5. The predicted octanol–water partition coefficient (Wildman–Crippen LogP) is -1.45. The summed E-state index contributed by atoms with van der Waals surface area (Å²) in [7, 11) is 0. The van der Waals surface area contributed by atoms with Crippen LogP contribution in [-0.4, -0.2) is 34.6 Å². The van der Waals surface area contributed by atoms with E-state index in [-0.39, 0.29) is 22.4 Å². The van der Waals surface area contributed by atoms with Crippen molar-refractivity contribution in [3.05, 3.63) is 10.1 Å². The van der Waals surface area contributed by atoms with Crippen LogP contribution in [0.2, 0.25) is 0 Å². The van der Waals surface area contributed by atoms with Gasteiger partial charge < -0.3 is 15.1 Å². The first-order valence-electron chi connectivity index (χ1n) is 2.23. The fourth-order valence-electron chi connectivity index (χ4n) is 0.246. The van der Waals surface area contributed by atoms with Crippen molar-refractivity contribution < 1.29 is 42.5 Å². The average molecular weight is 245 g/mol. The normalized spacial score (nSPS) is 8.70. The standard InChI is InChI=1S/C3H7NO5.Ag/c5-1-3(2-6)9-4(7)8;/h3,5-6H,1-2H2;/q;+1. The van der Waals surface area contributed by atoms with Gasteiger partial charge in [0.05, 0.1) is 13.2 Å². The predicted molar refractivity (Wildman–Crippen MR) is 26.0 cm³/mol. The van der Waals surface area contributed by atoms with Gasteiger partial charge in [-0.3, -0.25) is 0 Å². The zero-order valence-corrected chi connectivity index (χ0v) is 6.34. The van der Waals surface area contributed by atoms with E-state index in [0.29, 0.717) is 0 Å². The summed E-state index contributed by atoms with van der Waals surface area (Å²) in [6, 6.07) is 0. The van der Waals surface area contributed by atoms with Crippen molar-refractivity contribution in [1.29, 1.82) is 0 Å². The first-order valence-corrected chi connectivity index (χ1v) is 2.23. The first-order chi connectivity index (χ1) is 4.20. The van der Waals surface area contributed by atoms with Crippen LogP contribution in [-0.2, 0) is 27.2 Å². The van der Waals surface area contributed by atoms with Crippen molar-refractivity contribution in [2.24, 2.45) is 0 Å². The van der Waals surface area contributed by atoms with E-state index in [2.05, 4.69) is 4.84 Å². The van der Waals surface area contributed by atoms with Gasteiger partial charge in [-0.05, 0) is 0 Å². The quantitative estimate of drug-likeness (QED) is 0.359. The molecule has 0 bridgehead atoms. The molecule has 0 rings (SSSR count). The molecule has 7 heteroatoms. The van der Waals surface area contributed by atoms with E-state index in [0.717, 1.165) is 0 Å². The van der Waals surface area contributed by atoms with E-state index < -0.39 is 24.4 Å². The molecule has 0 amide bonds. The van der Waals surface area contributed by atoms with E-state index >= 15 is 0 Å². The molecule has 0 saturated heterocycles. The molecule has 0 radical (unpaired) electrons. The van der Waals surface area contributed by atoms with Crippen LogP contribution in [0.15, 0.2) is 0 Å². The van der Waals surface area contributed by atoms with Crippen LogP contribution >= 0.6 is 0 Å². The molecule has 64 valence electrons. The van der Waals surface area contributed by atoms with Crippen LogP contribution in [0.25, 0.3) is 0 Å². The van der Waals surface area contributed by atoms with Gasteiger partial charge in [0, 0.05) is 0 Å². The molecule has 10 heavy (non-hydrogen) atoms. The Balaban J connectivity index is 0. The smallest absolute Gasteiger partial charge is 0.394 e. The van der Waals surface area contributed by atoms with E-state index in [4.69, 9.17) is 10.2 Å². The van der Waals surface area contributed by atoms with Crippen LogP contribution in [0.4, 0.5) is 0 Å². The summed E-state index contributed by atoms with van der Waals surface area (Å²) in [5.41, 5.74) is 0. The number of aliphatic hydroxyl groups is 2. The number of aliphatic hydroxyl groups excluding tert-OH is 2. The number of hydrogen-bond donors (Lipinski definition) is 2. The molecule has 0 fully saturated rings. The molecule has 0 aliphatic carbocycles. The van der Waals surface area contributed by atoms with Crippen molar-refractivity contribution in [1.82, 2.24) is 0 Å². The van der Waals surface area contributed by atoms with Gasteiger partial charge in [-0.25, -0.2) is 0 Å². The fraction of sp³-hybridized carbons (Fsp3) is 1.00. The minimum atomic E-state index is -1.11. The number of nitrogens with zero attached hydrogens (tertiary/aromatic N) is 1. The van der Waals surface area contributed by atoms with Gasteiger partial charge in [0.1, 0.15) is 0 Å². The van der Waals surface area contributed by atoms with Gasteiger partial charge in [0.25, 0.3) is 5.09 Å². The minimum Gasteiger partial charge on any atom is -0.394 e.